The molecular formula is C25H30N2O4. The van der Waals surface area contributed by atoms with Crippen molar-refractivity contribution in [2.24, 2.45) is 0 Å². The van der Waals surface area contributed by atoms with Crippen LogP contribution in [0.5, 0.6) is 0 Å². The van der Waals surface area contributed by atoms with Crippen LogP contribution in [0.4, 0.5) is 4.79 Å². The van der Waals surface area contributed by atoms with Crippen molar-refractivity contribution in [2.75, 3.05) is 6.61 Å². The molecular weight excluding hydrogens is 392 g/mol. The molecule has 1 heterocycles. The summed E-state index contributed by atoms with van der Waals surface area (Å²) in [6.07, 6.45) is 0.818. The molecule has 1 aliphatic heterocycles. The van der Waals surface area contributed by atoms with Gasteiger partial charge in [0.15, 0.2) is 0 Å². The lowest BCUT2D eigenvalue weighted by Crippen LogP contribution is -2.44. The molecule has 0 spiro atoms. The van der Waals surface area contributed by atoms with Crippen molar-refractivity contribution in [2.45, 2.75) is 52.0 Å². The van der Waals surface area contributed by atoms with E-state index in [0.717, 1.165) is 5.56 Å². The van der Waals surface area contributed by atoms with Crippen LogP contribution in [0, 0.1) is 0 Å². The molecule has 31 heavy (non-hydrogen) atoms. The summed E-state index contributed by atoms with van der Waals surface area (Å²) < 4.78 is 11.3. The number of nitrogens with one attached hydrogen (secondary N) is 1. The highest BCUT2D eigenvalue weighted by Crippen LogP contribution is 2.37. The first-order valence-electron chi connectivity index (χ1n) is 10.4. The summed E-state index contributed by atoms with van der Waals surface area (Å²) in [5, 5.41) is 2.74. The van der Waals surface area contributed by atoms with E-state index < -0.39 is 17.4 Å². The Morgan fingerprint density at radius 2 is 1.65 bits per heavy atom. The molecule has 6 heteroatoms. The Labute approximate surface area is 183 Å². The number of amides is 2. The Bertz CT molecular complexity index is 946. The van der Waals surface area contributed by atoms with Gasteiger partial charge in [0, 0.05) is 6.08 Å². The lowest BCUT2D eigenvalue weighted by Gasteiger charge is -2.33. The average Bonchev–Trinajstić information content (AvgIpc) is 3.02. The number of nitrogens with zero attached hydrogens (tertiary/aromatic N) is 1. The first-order valence-corrected chi connectivity index (χ1v) is 10.4. The highest BCUT2D eigenvalue weighted by atomic mass is 16.6. The molecule has 0 aliphatic carbocycles. The number of carbonyl (C=O) groups excluding carboxylic acids is 2. The minimum absolute atomic E-state index is 0.224. The highest BCUT2D eigenvalue weighted by Gasteiger charge is 2.43. The first-order chi connectivity index (χ1) is 14.6. The maximum Gasteiger partial charge on any atom is 0.412 e. The van der Waals surface area contributed by atoms with Crippen molar-refractivity contribution in [3.05, 3.63) is 77.9 Å². The second-order valence-corrected chi connectivity index (χ2v) is 8.94. The largest absolute Gasteiger partial charge is 0.444 e. The molecule has 2 aromatic rings. The molecule has 2 aromatic carbocycles. The number of ether oxygens (including phenoxy) is 2. The molecule has 1 fully saturated rings. The Hall–Kier alpha value is -3.12. The number of hydrogen-bond donors (Lipinski definition) is 1. The molecule has 6 nitrogen and oxygen atoms in total. The molecule has 0 unspecified atom stereocenters. The van der Waals surface area contributed by atoms with E-state index in [9.17, 15) is 9.59 Å². The van der Waals surface area contributed by atoms with Gasteiger partial charge >= 0.3 is 6.09 Å². The summed E-state index contributed by atoms with van der Waals surface area (Å²) in [5.74, 6) is -0.258. The van der Waals surface area contributed by atoms with Crippen LogP contribution in [0.15, 0.2) is 66.7 Å². The Balaban J connectivity index is 1.94. The minimum Gasteiger partial charge on any atom is -0.444 e. The van der Waals surface area contributed by atoms with Gasteiger partial charge in [0.1, 0.15) is 11.3 Å². The van der Waals surface area contributed by atoms with Crippen molar-refractivity contribution in [1.29, 1.82) is 0 Å². The van der Waals surface area contributed by atoms with Gasteiger partial charge in [0.05, 0.1) is 18.3 Å². The lowest BCUT2D eigenvalue weighted by molar-refractivity contribution is -0.140. The SMILES string of the molecule is CC(C)(C)OC(=O)N/C(=C/C(=O)N1[C@H](c2ccccc2)COC1(C)C)c1ccccc1. The zero-order chi connectivity index (χ0) is 22.6. The summed E-state index contributed by atoms with van der Waals surface area (Å²) in [5.41, 5.74) is 0.627. The van der Waals surface area contributed by atoms with Crippen LogP contribution in [0.25, 0.3) is 5.70 Å². The average molecular weight is 423 g/mol. The predicted octanol–water partition coefficient (Wildman–Crippen LogP) is 4.89. The van der Waals surface area contributed by atoms with Crippen LogP contribution in [0.1, 0.15) is 51.8 Å². The molecule has 0 aromatic heterocycles. The molecule has 0 saturated carbocycles. The van der Waals surface area contributed by atoms with E-state index in [2.05, 4.69) is 5.32 Å². The highest BCUT2D eigenvalue weighted by molar-refractivity contribution is 5.98. The fraction of sp³-hybridized carbons (Fsp3) is 0.360. The van der Waals surface area contributed by atoms with Crippen LogP contribution in [-0.4, -0.2) is 34.8 Å². The normalized spacial score (nSPS) is 18.5. The quantitative estimate of drug-likeness (QED) is 0.713. The molecule has 1 N–H and O–H groups in total. The third-order valence-corrected chi connectivity index (χ3v) is 4.90. The molecule has 0 bridgehead atoms. The van der Waals surface area contributed by atoms with E-state index in [1.807, 2.05) is 74.5 Å². The van der Waals surface area contributed by atoms with Gasteiger partial charge in [-0.1, -0.05) is 60.7 Å². The Morgan fingerprint density at radius 1 is 1.06 bits per heavy atom. The molecule has 1 aliphatic rings. The van der Waals surface area contributed by atoms with Crippen LogP contribution in [-0.2, 0) is 14.3 Å². The number of benzene rings is 2. The van der Waals surface area contributed by atoms with Gasteiger partial charge in [-0.05, 0) is 45.7 Å². The maximum absolute atomic E-state index is 13.5. The molecule has 2 amide bonds. The van der Waals surface area contributed by atoms with Gasteiger partial charge in [0.2, 0.25) is 0 Å². The number of hydrogen-bond acceptors (Lipinski definition) is 4. The van der Waals surface area contributed by atoms with Gasteiger partial charge in [0.25, 0.3) is 5.91 Å². The molecule has 0 radical (unpaired) electrons. The summed E-state index contributed by atoms with van der Waals surface area (Å²) >= 11 is 0. The summed E-state index contributed by atoms with van der Waals surface area (Å²) in [7, 11) is 0. The van der Waals surface area contributed by atoms with Gasteiger partial charge in [-0.15, -0.1) is 0 Å². The van der Waals surface area contributed by atoms with Gasteiger partial charge in [-0.3, -0.25) is 10.1 Å². The number of alkyl carbamates (subject to hydrolysis) is 1. The number of carbonyl (C=O) groups is 2. The summed E-state index contributed by atoms with van der Waals surface area (Å²) in [6, 6.07) is 18.8. The minimum atomic E-state index is -0.790. The van der Waals surface area contributed by atoms with E-state index in [1.165, 1.54) is 6.08 Å². The van der Waals surface area contributed by atoms with Gasteiger partial charge in [-0.25, -0.2) is 4.79 Å². The van der Waals surface area contributed by atoms with Crippen molar-refractivity contribution in [3.8, 4) is 0 Å². The lowest BCUT2D eigenvalue weighted by atomic mass is 10.0. The smallest absolute Gasteiger partial charge is 0.412 e. The van der Waals surface area contributed by atoms with Crippen LogP contribution < -0.4 is 5.32 Å². The molecule has 3 rings (SSSR count). The van der Waals surface area contributed by atoms with Crippen molar-refractivity contribution >= 4 is 17.7 Å². The van der Waals surface area contributed by atoms with E-state index in [1.54, 1.807) is 25.7 Å². The van der Waals surface area contributed by atoms with Crippen molar-refractivity contribution in [1.82, 2.24) is 10.2 Å². The molecule has 1 saturated heterocycles. The standard InChI is InChI=1S/C25H30N2O4/c1-24(2,3)31-23(29)26-20(18-12-8-6-9-13-18)16-22(28)27-21(17-30-25(27,4)5)19-14-10-7-11-15-19/h6-16,21H,17H2,1-5H3,(H,26,29)/b20-16+/t21-/m0/s1. The fourth-order valence-corrected chi connectivity index (χ4v) is 3.56. The summed E-state index contributed by atoms with van der Waals surface area (Å²) in [6.45, 7) is 9.50. The Kier molecular flexibility index (Phi) is 6.51. The predicted molar refractivity (Wildman–Crippen MR) is 120 cm³/mol. The number of rotatable bonds is 4. The summed E-state index contributed by atoms with van der Waals surface area (Å²) in [4.78, 5) is 27.6. The van der Waals surface area contributed by atoms with E-state index in [-0.39, 0.29) is 11.9 Å². The Morgan fingerprint density at radius 3 is 2.23 bits per heavy atom. The third kappa shape index (κ3) is 5.73. The van der Waals surface area contributed by atoms with Gasteiger partial charge < -0.3 is 14.4 Å². The second-order valence-electron chi connectivity index (χ2n) is 8.94. The van der Waals surface area contributed by atoms with Gasteiger partial charge in [-0.2, -0.15) is 0 Å². The van der Waals surface area contributed by atoms with Crippen LogP contribution in [0.2, 0.25) is 0 Å². The van der Waals surface area contributed by atoms with Crippen molar-refractivity contribution in [3.63, 3.8) is 0 Å². The van der Waals surface area contributed by atoms with Crippen LogP contribution in [0.3, 0.4) is 0 Å². The maximum atomic E-state index is 13.5. The van der Waals surface area contributed by atoms with E-state index >= 15 is 0 Å². The van der Waals surface area contributed by atoms with Crippen LogP contribution >= 0.6 is 0 Å². The molecule has 164 valence electrons. The van der Waals surface area contributed by atoms with Crippen molar-refractivity contribution < 1.29 is 19.1 Å². The fourth-order valence-electron chi connectivity index (χ4n) is 3.56. The molecule has 1 atom stereocenters. The second kappa shape index (κ2) is 8.94. The van der Waals surface area contributed by atoms with E-state index in [4.69, 9.17) is 9.47 Å². The first kappa shape index (κ1) is 22.6. The van der Waals surface area contributed by atoms with E-state index in [0.29, 0.717) is 17.9 Å². The monoisotopic (exact) mass is 422 g/mol. The third-order valence-electron chi connectivity index (χ3n) is 4.90. The topological polar surface area (TPSA) is 67.9 Å². The zero-order valence-electron chi connectivity index (χ0n) is 18.7. The zero-order valence-corrected chi connectivity index (χ0v) is 18.7.